The first kappa shape index (κ1) is 77.8. The molecule has 468 valence electrons. The molecule has 6 nitrogen and oxygen atoms in total. The second kappa shape index (κ2) is 69.3. The number of ether oxygens (including phenoxy) is 3. The van der Waals surface area contributed by atoms with E-state index < -0.39 is 18.0 Å². The molecule has 6 heteroatoms. The average Bonchev–Trinajstić information content (AvgIpc) is 3.47. The van der Waals surface area contributed by atoms with E-state index in [4.69, 9.17) is 14.2 Å². The van der Waals surface area contributed by atoms with E-state index in [0.717, 1.165) is 77.0 Å². The molecule has 0 aliphatic heterocycles. The predicted molar refractivity (Wildman–Crippen MR) is 357 cm³/mol. The Morgan fingerprint density at radius 1 is 0.256 bits per heavy atom. The van der Waals surface area contributed by atoms with Gasteiger partial charge in [-0.1, -0.05) is 354 Å². The van der Waals surface area contributed by atoms with Gasteiger partial charge in [0.15, 0.2) is 6.10 Å². The number of unbranched alkanes of at least 4 members (excludes halogenated alkanes) is 33. The quantitative estimate of drug-likeness (QED) is 0.0261. The second-order valence-electron chi connectivity index (χ2n) is 22.7. The van der Waals surface area contributed by atoms with Crippen molar-refractivity contribution in [3.05, 3.63) is 122 Å². The van der Waals surface area contributed by atoms with Crippen LogP contribution < -0.4 is 0 Å². The summed E-state index contributed by atoms with van der Waals surface area (Å²) >= 11 is 0. The summed E-state index contributed by atoms with van der Waals surface area (Å²) in [5, 5.41) is 0. The molecular weight excluding hydrogens is 1010 g/mol. The van der Waals surface area contributed by atoms with Crippen LogP contribution in [0.25, 0.3) is 0 Å². The van der Waals surface area contributed by atoms with Crippen LogP contribution in [-0.2, 0) is 28.6 Å². The molecule has 0 amide bonds. The molecule has 0 aromatic rings. The summed E-state index contributed by atoms with van der Waals surface area (Å²) in [5.41, 5.74) is 0. The van der Waals surface area contributed by atoms with Crippen molar-refractivity contribution >= 4 is 17.9 Å². The molecule has 0 heterocycles. The van der Waals surface area contributed by atoms with Gasteiger partial charge in [-0.05, 0) is 70.6 Å². The van der Waals surface area contributed by atoms with Crippen LogP contribution in [0.15, 0.2) is 122 Å². The second-order valence-corrected chi connectivity index (χ2v) is 22.7. The van der Waals surface area contributed by atoms with Crippen LogP contribution in [0, 0.1) is 0 Å². The maximum atomic E-state index is 12.8. The molecule has 0 fully saturated rings. The Balaban J connectivity index is 4.22. The third-order valence-corrected chi connectivity index (χ3v) is 14.8. The summed E-state index contributed by atoms with van der Waals surface area (Å²) in [6, 6.07) is 0. The lowest BCUT2D eigenvalue weighted by molar-refractivity contribution is -0.166. The number of carbonyl (C=O) groups excluding carboxylic acids is 3. The highest BCUT2D eigenvalue weighted by atomic mass is 16.6. The van der Waals surface area contributed by atoms with Gasteiger partial charge < -0.3 is 14.2 Å². The average molecular weight is 1140 g/mol. The summed E-state index contributed by atoms with van der Waals surface area (Å²) in [6.07, 6.45) is 97.4. The van der Waals surface area contributed by atoms with E-state index >= 15 is 0 Å². The number of esters is 3. The van der Waals surface area contributed by atoms with E-state index in [2.05, 4.69) is 118 Å². The van der Waals surface area contributed by atoms with Crippen molar-refractivity contribution in [1.82, 2.24) is 0 Å². The highest BCUT2D eigenvalue weighted by Gasteiger charge is 2.19. The van der Waals surface area contributed by atoms with Gasteiger partial charge in [-0.15, -0.1) is 0 Å². The molecule has 0 aliphatic rings. The molecule has 0 N–H and O–H groups in total. The highest BCUT2D eigenvalue weighted by molar-refractivity contribution is 5.72. The Hall–Kier alpha value is -4.19. The maximum absolute atomic E-state index is 12.8. The molecule has 0 aromatic carbocycles. The molecule has 0 aromatic heterocycles. The van der Waals surface area contributed by atoms with Crippen LogP contribution in [0.4, 0.5) is 0 Å². The van der Waals surface area contributed by atoms with Crippen LogP contribution in [-0.4, -0.2) is 37.2 Å². The van der Waals surface area contributed by atoms with E-state index in [0.29, 0.717) is 12.8 Å². The van der Waals surface area contributed by atoms with Gasteiger partial charge in [0.1, 0.15) is 13.2 Å². The molecule has 0 saturated carbocycles. The molecule has 1 unspecified atom stereocenters. The third-order valence-electron chi connectivity index (χ3n) is 14.8. The minimum Gasteiger partial charge on any atom is -0.462 e. The summed E-state index contributed by atoms with van der Waals surface area (Å²) < 4.78 is 16.7. The van der Waals surface area contributed by atoms with Gasteiger partial charge in [-0.25, -0.2) is 0 Å². The highest BCUT2D eigenvalue weighted by Crippen LogP contribution is 2.18. The lowest BCUT2D eigenvalue weighted by atomic mass is 10.0. The minimum atomic E-state index is -0.875. The number of hydrogen-bond donors (Lipinski definition) is 0. The summed E-state index contributed by atoms with van der Waals surface area (Å²) in [7, 11) is 0. The summed E-state index contributed by atoms with van der Waals surface area (Å²) in [4.78, 5) is 38.1. The Morgan fingerprint density at radius 2 is 0.476 bits per heavy atom. The molecule has 0 rings (SSSR count). The van der Waals surface area contributed by atoms with Crippen molar-refractivity contribution in [2.45, 2.75) is 329 Å². The van der Waals surface area contributed by atoms with Gasteiger partial charge in [-0.2, -0.15) is 0 Å². The van der Waals surface area contributed by atoms with Crippen molar-refractivity contribution in [3.8, 4) is 0 Å². The lowest BCUT2D eigenvalue weighted by Crippen LogP contribution is -2.30. The Kier molecular flexibility index (Phi) is 65.8. The van der Waals surface area contributed by atoms with Gasteiger partial charge in [0.25, 0.3) is 0 Å². The zero-order valence-electron chi connectivity index (χ0n) is 53.7. The molecule has 82 heavy (non-hydrogen) atoms. The smallest absolute Gasteiger partial charge is 0.310 e. The molecule has 0 spiro atoms. The first-order chi connectivity index (χ1) is 40.5. The number of rotatable bonds is 62. The third kappa shape index (κ3) is 66.6. The zero-order chi connectivity index (χ0) is 59.2. The topological polar surface area (TPSA) is 78.9 Å². The first-order valence-electron chi connectivity index (χ1n) is 34.5. The van der Waals surface area contributed by atoms with Gasteiger partial charge in [0, 0.05) is 6.42 Å². The van der Waals surface area contributed by atoms with Gasteiger partial charge in [0.05, 0.1) is 12.8 Å². The van der Waals surface area contributed by atoms with Crippen molar-refractivity contribution in [1.29, 1.82) is 0 Å². The molecule has 0 aliphatic carbocycles. The monoisotopic (exact) mass is 1140 g/mol. The Morgan fingerprint density at radius 3 is 0.744 bits per heavy atom. The maximum Gasteiger partial charge on any atom is 0.310 e. The number of allylic oxidation sites excluding steroid dienone is 18. The van der Waals surface area contributed by atoms with E-state index in [1.54, 1.807) is 12.2 Å². The van der Waals surface area contributed by atoms with E-state index in [1.807, 2.05) is 12.2 Å². The summed E-state index contributed by atoms with van der Waals surface area (Å²) in [6.45, 7) is 6.26. The van der Waals surface area contributed by atoms with Gasteiger partial charge in [-0.3, -0.25) is 14.4 Å². The van der Waals surface area contributed by atoms with Gasteiger partial charge >= 0.3 is 17.9 Å². The summed E-state index contributed by atoms with van der Waals surface area (Å²) in [5.74, 6) is -1.21. The SMILES string of the molecule is CC/C=C\C/C=C\C/C=C\C/C=C\C/C=C\CC(=O)OCC(COC(=O)CCCCCCCCCCCCCCCCCCCCCCCCCCCCCCCCCCCC)OC(=O)C/C=C\C/C=C\C/C=C\C/C=C\C/C=C\CC. The largest absolute Gasteiger partial charge is 0.462 e. The molecular formula is C76H128O6. The van der Waals surface area contributed by atoms with E-state index in [-0.39, 0.29) is 32.0 Å². The Labute approximate surface area is 507 Å². The van der Waals surface area contributed by atoms with Crippen LogP contribution in [0.3, 0.4) is 0 Å². The minimum absolute atomic E-state index is 0.0751. The molecule has 0 radical (unpaired) electrons. The van der Waals surface area contributed by atoms with Crippen molar-refractivity contribution in [2.75, 3.05) is 13.2 Å². The number of carbonyl (C=O) groups is 3. The fraction of sp³-hybridized carbons (Fsp3) is 0.697. The van der Waals surface area contributed by atoms with Crippen LogP contribution in [0.5, 0.6) is 0 Å². The fourth-order valence-corrected chi connectivity index (χ4v) is 9.71. The van der Waals surface area contributed by atoms with Crippen LogP contribution in [0.1, 0.15) is 323 Å². The molecule has 0 bridgehead atoms. The molecule has 0 saturated heterocycles. The lowest BCUT2D eigenvalue weighted by Gasteiger charge is -2.17. The van der Waals surface area contributed by atoms with Crippen LogP contribution in [0.2, 0.25) is 0 Å². The first-order valence-corrected chi connectivity index (χ1v) is 34.5. The number of hydrogen-bond acceptors (Lipinski definition) is 6. The fourth-order valence-electron chi connectivity index (χ4n) is 9.71. The van der Waals surface area contributed by atoms with E-state index in [1.165, 1.54) is 199 Å². The zero-order valence-corrected chi connectivity index (χ0v) is 53.7. The van der Waals surface area contributed by atoms with E-state index in [9.17, 15) is 14.4 Å². The van der Waals surface area contributed by atoms with Crippen molar-refractivity contribution in [3.63, 3.8) is 0 Å². The predicted octanol–water partition coefficient (Wildman–Crippen LogP) is 23.9. The molecule has 1 atom stereocenters. The Bertz CT molecular complexity index is 1690. The standard InChI is InChI=1S/C76H128O6/c1-4-7-10-13-16-19-22-25-28-29-30-31-32-33-34-35-36-37-38-39-40-41-42-43-44-45-46-49-51-54-57-60-63-66-69-75(78)81-72-73(82-76(79)70-67-64-61-58-55-52-48-27-24-21-18-15-12-9-6-3)71-80-74(77)68-65-62-59-56-53-50-47-26-23-20-17-14-11-8-5-2/h8-9,11-12,17-18,20-21,26-27,47-48,53,55-56,58,62,64-65,67,73H,4-7,10,13-16,19,22-25,28-46,49-52,54,57,59-61,63,66,68-72H2,1-3H3/b11-8-,12-9-,20-17-,21-18-,47-26-,48-27-,56-53-,58-55-,65-62-,67-64-. The van der Waals surface area contributed by atoms with Crippen molar-refractivity contribution in [2.24, 2.45) is 0 Å². The van der Waals surface area contributed by atoms with Gasteiger partial charge in [0.2, 0.25) is 0 Å². The normalized spacial score (nSPS) is 12.9. The van der Waals surface area contributed by atoms with Crippen molar-refractivity contribution < 1.29 is 28.6 Å². The van der Waals surface area contributed by atoms with Crippen LogP contribution >= 0.6 is 0 Å².